The highest BCUT2D eigenvalue weighted by Crippen LogP contribution is 2.19. The largest absolute Gasteiger partial charge is 0.385 e. The van der Waals surface area contributed by atoms with Crippen molar-refractivity contribution in [2.24, 2.45) is 0 Å². The van der Waals surface area contributed by atoms with Crippen molar-refractivity contribution in [2.45, 2.75) is 6.10 Å². The van der Waals surface area contributed by atoms with Crippen molar-refractivity contribution in [2.75, 3.05) is 13.6 Å². The third-order valence-electron chi connectivity index (χ3n) is 2.15. The van der Waals surface area contributed by atoms with Gasteiger partial charge in [-0.3, -0.25) is 4.40 Å². The van der Waals surface area contributed by atoms with Gasteiger partial charge in [0.2, 0.25) is 0 Å². The van der Waals surface area contributed by atoms with Gasteiger partial charge in [0.1, 0.15) is 17.5 Å². The summed E-state index contributed by atoms with van der Waals surface area (Å²) in [6, 6.07) is 0. The lowest BCUT2D eigenvalue weighted by molar-refractivity contribution is 0.172. The van der Waals surface area contributed by atoms with Gasteiger partial charge in [0.05, 0.1) is 18.1 Å². The van der Waals surface area contributed by atoms with Crippen LogP contribution in [0, 0.1) is 0 Å². The number of halogens is 1. The molecule has 0 aromatic carbocycles. The van der Waals surface area contributed by atoms with E-state index in [2.05, 4.69) is 15.3 Å². The van der Waals surface area contributed by atoms with Crippen molar-refractivity contribution in [3.8, 4) is 0 Å². The predicted molar refractivity (Wildman–Crippen MR) is 56.9 cm³/mol. The Labute approximate surface area is 91.7 Å². The Kier molecular flexibility index (Phi) is 2.86. The molecule has 0 fully saturated rings. The minimum absolute atomic E-state index is 0.459. The van der Waals surface area contributed by atoms with Crippen molar-refractivity contribution in [1.29, 1.82) is 0 Å². The maximum absolute atomic E-state index is 9.80. The summed E-state index contributed by atoms with van der Waals surface area (Å²) in [5.41, 5.74) is 1.28. The summed E-state index contributed by atoms with van der Waals surface area (Å²) in [7, 11) is 1.78. The Morgan fingerprint density at radius 2 is 2.40 bits per heavy atom. The molecule has 5 nitrogen and oxygen atoms in total. The van der Waals surface area contributed by atoms with Gasteiger partial charge in [-0.05, 0) is 7.05 Å². The molecule has 1 atom stereocenters. The van der Waals surface area contributed by atoms with Gasteiger partial charge in [-0.1, -0.05) is 11.6 Å². The van der Waals surface area contributed by atoms with Gasteiger partial charge in [0, 0.05) is 6.54 Å². The standard InChI is InChI=1S/C9H11ClN4O/c1-11-4-8(15)7-3-13-9-6(10)2-12-5-14(7)9/h2-3,5,8,11,15H,4H2,1H3. The van der Waals surface area contributed by atoms with Crippen LogP contribution in [-0.4, -0.2) is 33.1 Å². The number of fused-ring (bicyclic) bond motifs is 1. The highest BCUT2D eigenvalue weighted by molar-refractivity contribution is 6.33. The first kappa shape index (κ1) is 10.4. The van der Waals surface area contributed by atoms with Gasteiger partial charge in [0.15, 0.2) is 5.65 Å². The van der Waals surface area contributed by atoms with E-state index in [-0.39, 0.29) is 0 Å². The summed E-state index contributed by atoms with van der Waals surface area (Å²) < 4.78 is 1.68. The first-order chi connectivity index (χ1) is 7.24. The lowest BCUT2D eigenvalue weighted by Crippen LogP contribution is -2.18. The Morgan fingerprint density at radius 3 is 3.13 bits per heavy atom. The Bertz CT molecular complexity index is 470. The van der Waals surface area contributed by atoms with Crippen molar-refractivity contribution < 1.29 is 5.11 Å². The van der Waals surface area contributed by atoms with E-state index in [1.54, 1.807) is 24.0 Å². The molecule has 0 aliphatic rings. The molecule has 1 unspecified atom stereocenters. The maximum Gasteiger partial charge on any atom is 0.158 e. The molecular weight excluding hydrogens is 216 g/mol. The van der Waals surface area contributed by atoms with E-state index in [0.717, 1.165) is 0 Å². The van der Waals surface area contributed by atoms with Gasteiger partial charge in [-0.25, -0.2) is 9.97 Å². The van der Waals surface area contributed by atoms with Crippen LogP contribution in [0.4, 0.5) is 0 Å². The molecule has 2 aromatic heterocycles. The van der Waals surface area contributed by atoms with Gasteiger partial charge >= 0.3 is 0 Å². The van der Waals surface area contributed by atoms with E-state index in [1.165, 1.54) is 6.20 Å². The van der Waals surface area contributed by atoms with Crippen LogP contribution in [0.2, 0.25) is 5.02 Å². The second-order valence-electron chi connectivity index (χ2n) is 3.19. The minimum Gasteiger partial charge on any atom is -0.385 e. The van der Waals surface area contributed by atoms with Crippen molar-refractivity contribution in [3.63, 3.8) is 0 Å². The van der Waals surface area contributed by atoms with E-state index < -0.39 is 6.10 Å². The zero-order chi connectivity index (χ0) is 10.8. The topological polar surface area (TPSA) is 62.5 Å². The predicted octanol–water partition coefficient (Wildman–Crippen LogP) is 0.636. The number of nitrogens with zero attached hydrogens (tertiary/aromatic N) is 3. The van der Waals surface area contributed by atoms with E-state index >= 15 is 0 Å². The lowest BCUT2D eigenvalue weighted by Gasteiger charge is -2.08. The molecule has 0 spiro atoms. The number of aromatic nitrogens is 3. The Morgan fingerprint density at radius 1 is 1.60 bits per heavy atom. The molecule has 0 saturated carbocycles. The number of hydrogen-bond acceptors (Lipinski definition) is 4. The van der Waals surface area contributed by atoms with Crippen LogP contribution in [0.5, 0.6) is 0 Å². The molecule has 2 aromatic rings. The second kappa shape index (κ2) is 4.14. The molecule has 0 aliphatic heterocycles. The highest BCUT2D eigenvalue weighted by atomic mass is 35.5. The molecule has 2 N–H and O–H groups in total. The maximum atomic E-state index is 9.80. The fourth-order valence-electron chi connectivity index (χ4n) is 1.44. The summed E-state index contributed by atoms with van der Waals surface area (Å²) in [6.45, 7) is 0.459. The molecular formula is C9H11ClN4O. The fraction of sp³-hybridized carbons (Fsp3) is 0.333. The smallest absolute Gasteiger partial charge is 0.158 e. The fourth-order valence-corrected chi connectivity index (χ4v) is 1.64. The molecule has 0 bridgehead atoms. The lowest BCUT2D eigenvalue weighted by atomic mass is 10.3. The molecule has 6 heteroatoms. The van der Waals surface area contributed by atoms with Gasteiger partial charge < -0.3 is 10.4 Å². The van der Waals surface area contributed by atoms with Crippen molar-refractivity contribution in [3.05, 3.63) is 29.4 Å². The van der Waals surface area contributed by atoms with Crippen LogP contribution >= 0.6 is 11.6 Å². The third-order valence-corrected chi connectivity index (χ3v) is 2.41. The molecule has 0 saturated heterocycles. The van der Waals surface area contributed by atoms with E-state index in [1.807, 2.05) is 0 Å². The summed E-state index contributed by atoms with van der Waals surface area (Å²) in [4.78, 5) is 8.07. The van der Waals surface area contributed by atoms with Crippen LogP contribution in [0.3, 0.4) is 0 Å². The number of nitrogens with one attached hydrogen (secondary N) is 1. The molecule has 2 heterocycles. The first-order valence-corrected chi connectivity index (χ1v) is 4.91. The summed E-state index contributed by atoms with van der Waals surface area (Å²) in [6.07, 6.45) is 4.09. The minimum atomic E-state index is -0.620. The average molecular weight is 227 g/mol. The molecule has 2 rings (SSSR count). The molecule has 0 aliphatic carbocycles. The normalized spacial score (nSPS) is 13.3. The zero-order valence-corrected chi connectivity index (χ0v) is 8.94. The van der Waals surface area contributed by atoms with Crippen LogP contribution < -0.4 is 5.32 Å². The van der Waals surface area contributed by atoms with Crippen LogP contribution in [-0.2, 0) is 0 Å². The molecule has 15 heavy (non-hydrogen) atoms. The van der Waals surface area contributed by atoms with Crippen molar-refractivity contribution >= 4 is 17.2 Å². The van der Waals surface area contributed by atoms with Crippen molar-refractivity contribution in [1.82, 2.24) is 19.7 Å². The Balaban J connectivity index is 2.49. The van der Waals surface area contributed by atoms with E-state index in [4.69, 9.17) is 11.6 Å². The third kappa shape index (κ3) is 1.81. The van der Waals surface area contributed by atoms with Gasteiger partial charge in [0.25, 0.3) is 0 Å². The second-order valence-corrected chi connectivity index (χ2v) is 3.60. The number of aliphatic hydroxyl groups excluding tert-OH is 1. The average Bonchev–Trinajstić information content (AvgIpc) is 2.63. The molecule has 0 amide bonds. The zero-order valence-electron chi connectivity index (χ0n) is 8.18. The number of hydrogen-bond donors (Lipinski definition) is 2. The van der Waals surface area contributed by atoms with E-state index in [0.29, 0.717) is 22.9 Å². The quantitative estimate of drug-likeness (QED) is 0.806. The van der Waals surface area contributed by atoms with Crippen LogP contribution in [0.25, 0.3) is 5.65 Å². The van der Waals surface area contributed by atoms with Gasteiger partial charge in [-0.2, -0.15) is 0 Å². The van der Waals surface area contributed by atoms with Crippen LogP contribution in [0.15, 0.2) is 18.7 Å². The number of rotatable bonds is 3. The SMILES string of the molecule is CNCC(O)c1cnc2c(Cl)cncn12. The first-order valence-electron chi connectivity index (χ1n) is 4.53. The summed E-state index contributed by atoms with van der Waals surface area (Å²) >= 11 is 5.91. The number of likely N-dealkylation sites (N-methyl/N-ethyl adjacent to an activating group) is 1. The monoisotopic (exact) mass is 226 g/mol. The number of imidazole rings is 1. The van der Waals surface area contributed by atoms with Crippen LogP contribution in [0.1, 0.15) is 11.8 Å². The molecule has 0 radical (unpaired) electrons. The Hall–Kier alpha value is -1.17. The van der Waals surface area contributed by atoms with Gasteiger partial charge in [-0.15, -0.1) is 0 Å². The molecule has 80 valence electrons. The van der Waals surface area contributed by atoms with E-state index in [9.17, 15) is 5.11 Å². The summed E-state index contributed by atoms with van der Waals surface area (Å²) in [5.74, 6) is 0. The summed E-state index contributed by atoms with van der Waals surface area (Å²) in [5, 5.41) is 13.2. The highest BCUT2D eigenvalue weighted by Gasteiger charge is 2.13. The number of aliphatic hydroxyl groups is 1.